The van der Waals surface area contributed by atoms with Crippen LogP contribution in [0.2, 0.25) is 10.0 Å². The predicted octanol–water partition coefficient (Wildman–Crippen LogP) is 1.77. The summed E-state index contributed by atoms with van der Waals surface area (Å²) >= 11 is 14.1. The van der Waals surface area contributed by atoms with Crippen LogP contribution in [0.3, 0.4) is 0 Å². The van der Waals surface area contributed by atoms with Crippen LogP contribution in [0.25, 0.3) is 11.1 Å². The van der Waals surface area contributed by atoms with E-state index < -0.39 is 202 Å². The standard InChI is InChI=1S/C71H87Cl2N11O22/c1-7-8-9-10-18-76-71(102)78-50(89)29-42-64(96)79-53-35-25-47(103-45-16-13-33(23-39(45)72)57(90)55(68(100)77-42)82-63(95)41(74-4)21-31(2)3)62(106-70-61(94)60(93)59(92)49(30-85)105-70)48(26-35)104-46-17-14-34(24-40(46)73)58(91)56-69(101)81-54(65(97)75-19-11-20-84(5)6)38-27-36(86)28-44(88)51(38)37-22-32(12-15-43(37)87)52(66(98)83-56)80-67(53)99/h12-17,22-28,31,41-42,49,52-61,70,74,85-88,90-94H,7-11,18-21,29-30H2,1-6H3,(H,75,97)(H,77,100)(H,79,96)(H,80,99)(H,81,101)(H,82,95)(H,83,98)(H2,76,78,89,102)/t41-,42?,49-,52-,53?,54-,55?,56+,57-,58-,59-,60+,61-,70-/m1/s1. The van der Waals surface area contributed by atoms with Gasteiger partial charge in [0.1, 0.15) is 102 Å². The number of aliphatic hydroxyl groups is 6. The second kappa shape index (κ2) is 35.6. The summed E-state index contributed by atoms with van der Waals surface area (Å²) in [6.07, 6.45) is -11.8. The van der Waals surface area contributed by atoms with Crippen LogP contribution in [0.4, 0.5) is 4.79 Å². The summed E-state index contributed by atoms with van der Waals surface area (Å²) in [6.45, 7) is 5.27. The third-order valence-electron chi connectivity index (χ3n) is 18.0. The van der Waals surface area contributed by atoms with Gasteiger partial charge in [0.05, 0.1) is 29.1 Å². The van der Waals surface area contributed by atoms with E-state index in [-0.39, 0.29) is 69.8 Å². The molecule has 106 heavy (non-hydrogen) atoms. The summed E-state index contributed by atoms with van der Waals surface area (Å²) < 4.78 is 25.2. The lowest BCUT2D eigenvalue weighted by molar-refractivity contribution is -0.277. The topological polar surface area (TPSA) is 496 Å². The smallest absolute Gasteiger partial charge is 0.321 e. The summed E-state index contributed by atoms with van der Waals surface area (Å²) in [5.74, 6) is -14.7. The lowest BCUT2D eigenvalue weighted by Crippen LogP contribution is -2.60. The molecule has 0 radical (unpaired) electrons. The minimum atomic E-state index is -2.36. The molecule has 10 amide bonds. The average molecular weight is 1520 g/mol. The first-order valence-corrected chi connectivity index (χ1v) is 35.0. The van der Waals surface area contributed by atoms with Crippen molar-refractivity contribution in [2.45, 2.75) is 151 Å². The number of phenols is 3. The van der Waals surface area contributed by atoms with Gasteiger partial charge in [-0.25, -0.2) is 4.79 Å². The quantitative estimate of drug-likeness (QED) is 0.0494. The number of urea groups is 1. The number of benzene rings is 5. The Bertz CT molecular complexity index is 4110. The van der Waals surface area contributed by atoms with Crippen LogP contribution in [0.5, 0.6) is 46.0 Å². The molecule has 33 nitrogen and oxygen atoms in total. The number of halogens is 2. The molecule has 19 N–H and O–H groups in total. The molecule has 11 bridgehead atoms. The number of aromatic hydroxyl groups is 3. The fourth-order valence-corrected chi connectivity index (χ4v) is 12.9. The zero-order valence-corrected chi connectivity index (χ0v) is 60.0. The average Bonchev–Trinajstić information content (AvgIpc) is 0.770. The molecular weight excluding hydrogens is 1430 g/mol. The van der Waals surface area contributed by atoms with Crippen LogP contribution < -0.4 is 67.4 Å². The number of carbonyl (C=O) groups excluding carboxylic acids is 9. The Morgan fingerprint density at radius 1 is 0.642 bits per heavy atom. The lowest BCUT2D eigenvalue weighted by atomic mass is 9.89. The maximum absolute atomic E-state index is 16.2. The van der Waals surface area contributed by atoms with Gasteiger partial charge in [-0.3, -0.25) is 43.7 Å². The maximum atomic E-state index is 16.2. The number of amides is 10. The van der Waals surface area contributed by atoms with Gasteiger partial charge in [0.25, 0.3) is 0 Å². The molecule has 0 spiro atoms. The van der Waals surface area contributed by atoms with Gasteiger partial charge in [-0.1, -0.05) is 81.4 Å². The molecule has 1 fully saturated rings. The molecule has 3 unspecified atom stereocenters. The van der Waals surface area contributed by atoms with Crippen molar-refractivity contribution in [2.75, 3.05) is 47.4 Å². The van der Waals surface area contributed by atoms with Crippen molar-refractivity contribution in [3.05, 3.63) is 117 Å². The molecule has 5 aromatic carbocycles. The molecule has 0 aliphatic carbocycles. The minimum absolute atomic E-state index is 0.00731. The SMILES string of the molecule is CCCCCCNC(=O)NC(=O)CC1NC(=O)C(NC(=O)[C@@H](CC(C)C)NC)[C@H](O)c2ccc(c(Cl)c2)Oc2cc3cc(c2O[C@H]2O[C@H](CO)[C@@H](O)[C@H](O)[C@H]2O)Oc2ccc(cc2Cl)[C@@H](O)[C@@H]2NC(=O)[C@H](NC(=O)C3NC1=O)c1ccc(O)c(c1)-c1c(O)cc(O)cc1[C@H](C(=O)NCCCN(C)C)NC2=O. The number of aliphatic hydroxyl groups excluding tert-OH is 6. The van der Waals surface area contributed by atoms with Gasteiger partial charge < -0.3 is 118 Å². The third-order valence-corrected chi connectivity index (χ3v) is 18.6. The number of nitrogens with zero attached hydrogens (tertiary/aromatic N) is 1. The summed E-state index contributed by atoms with van der Waals surface area (Å²) in [6, 6.07) is -0.922. The lowest BCUT2D eigenvalue weighted by Gasteiger charge is -2.39. The van der Waals surface area contributed by atoms with Crippen molar-refractivity contribution in [3.8, 4) is 57.1 Å². The predicted molar refractivity (Wildman–Crippen MR) is 378 cm³/mol. The zero-order chi connectivity index (χ0) is 77.1. The fraction of sp³-hybridized carbons (Fsp3) is 0.451. The van der Waals surface area contributed by atoms with Crippen LogP contribution >= 0.6 is 23.2 Å². The number of carbonyl (C=O) groups is 9. The molecule has 6 heterocycles. The number of hydrogen-bond donors (Lipinski definition) is 19. The highest BCUT2D eigenvalue weighted by Crippen LogP contribution is 2.49. The Kier molecular flexibility index (Phi) is 27.0. The number of fused-ring (bicyclic) bond motifs is 15. The van der Waals surface area contributed by atoms with E-state index >= 15 is 24.0 Å². The fourth-order valence-electron chi connectivity index (χ4n) is 12.4. The summed E-state index contributed by atoms with van der Waals surface area (Å²) in [7, 11) is 5.06. The molecule has 14 atom stereocenters. The number of ether oxygens (including phenoxy) is 4. The van der Waals surface area contributed by atoms with Crippen molar-refractivity contribution in [3.63, 3.8) is 0 Å². The number of nitrogens with one attached hydrogen (secondary N) is 10. The van der Waals surface area contributed by atoms with Gasteiger partial charge in [0, 0.05) is 30.3 Å². The van der Waals surface area contributed by atoms with Gasteiger partial charge >= 0.3 is 6.03 Å². The monoisotopic (exact) mass is 1520 g/mol. The first-order valence-electron chi connectivity index (χ1n) is 34.2. The van der Waals surface area contributed by atoms with Crippen LogP contribution in [-0.2, 0) is 43.1 Å². The Hall–Kier alpha value is -9.65. The molecule has 1 saturated heterocycles. The van der Waals surface area contributed by atoms with Gasteiger partial charge in [0.15, 0.2) is 11.5 Å². The van der Waals surface area contributed by atoms with Gasteiger partial charge in [-0.15, -0.1) is 0 Å². The van der Waals surface area contributed by atoms with Crippen molar-refractivity contribution in [2.24, 2.45) is 5.92 Å². The van der Waals surface area contributed by atoms with Crippen molar-refractivity contribution >= 4 is 76.5 Å². The van der Waals surface area contributed by atoms with Crippen molar-refractivity contribution in [1.29, 1.82) is 0 Å². The molecular formula is C71H87Cl2N11O22. The molecule has 0 aromatic heterocycles. The number of likely N-dealkylation sites (N-methyl/N-ethyl adjacent to an activating group) is 1. The molecule has 572 valence electrons. The highest BCUT2D eigenvalue weighted by atomic mass is 35.5. The van der Waals surface area contributed by atoms with E-state index in [0.29, 0.717) is 19.4 Å². The second-order valence-corrected chi connectivity index (χ2v) is 27.5. The van der Waals surface area contributed by atoms with E-state index in [0.717, 1.165) is 79.9 Å². The van der Waals surface area contributed by atoms with Crippen LogP contribution in [-0.4, -0.2) is 206 Å². The van der Waals surface area contributed by atoms with E-state index in [1.54, 1.807) is 14.1 Å². The van der Waals surface area contributed by atoms with Gasteiger partial charge in [-0.2, -0.15) is 0 Å². The summed E-state index contributed by atoms with van der Waals surface area (Å²) in [5, 5.41) is 128. The van der Waals surface area contributed by atoms with E-state index in [9.17, 15) is 65.1 Å². The molecule has 35 heteroatoms. The molecule has 11 rings (SSSR count). The normalized spacial score (nSPS) is 24.2. The molecule has 0 saturated carbocycles. The van der Waals surface area contributed by atoms with Crippen LogP contribution in [0.1, 0.15) is 124 Å². The Morgan fingerprint density at radius 3 is 1.89 bits per heavy atom. The summed E-state index contributed by atoms with van der Waals surface area (Å²) in [4.78, 5) is 136. The molecule has 6 aliphatic rings. The van der Waals surface area contributed by atoms with E-state index in [1.165, 1.54) is 25.2 Å². The number of phenolic OH excluding ortho intramolecular Hbond substituents is 3. The van der Waals surface area contributed by atoms with E-state index in [4.69, 9.17) is 42.1 Å². The number of imide groups is 1. The Labute approximate surface area is 618 Å². The summed E-state index contributed by atoms with van der Waals surface area (Å²) in [5.41, 5.74) is -2.33. The minimum Gasteiger partial charge on any atom is -0.508 e. The van der Waals surface area contributed by atoms with E-state index in [1.807, 2.05) is 25.7 Å². The Balaban J connectivity index is 1.30. The van der Waals surface area contributed by atoms with Crippen LogP contribution in [0.15, 0.2) is 78.9 Å². The van der Waals surface area contributed by atoms with E-state index in [2.05, 4.69) is 53.2 Å². The Morgan fingerprint density at radius 2 is 1.26 bits per heavy atom. The second-order valence-electron chi connectivity index (χ2n) is 26.7. The first kappa shape index (κ1) is 80.4. The number of unbranched alkanes of at least 4 members (excludes halogenated alkanes) is 3. The maximum Gasteiger partial charge on any atom is 0.321 e. The number of rotatable bonds is 20. The third kappa shape index (κ3) is 19.1. The number of hydrogen-bond acceptors (Lipinski definition) is 24. The largest absolute Gasteiger partial charge is 0.508 e. The molecule has 6 aliphatic heterocycles. The highest BCUT2D eigenvalue weighted by Gasteiger charge is 2.47. The van der Waals surface area contributed by atoms with Gasteiger partial charge in [-0.05, 0) is 135 Å². The van der Waals surface area contributed by atoms with Crippen molar-refractivity contribution in [1.82, 2.24) is 58.1 Å². The van der Waals surface area contributed by atoms with Crippen LogP contribution in [0, 0.1) is 5.92 Å². The highest BCUT2D eigenvalue weighted by molar-refractivity contribution is 6.32. The van der Waals surface area contributed by atoms with Crippen molar-refractivity contribution < 1.29 is 108 Å². The molecule has 5 aromatic rings. The van der Waals surface area contributed by atoms with Gasteiger partial charge in [0.2, 0.25) is 59.3 Å². The zero-order valence-electron chi connectivity index (χ0n) is 58.5. The first-order chi connectivity index (χ1) is 50.4.